The zero-order chi connectivity index (χ0) is 43.0. The molecule has 0 spiro atoms. The maximum Gasteiger partial charge on any atom is 0.394 e. The van der Waals surface area contributed by atoms with Gasteiger partial charge >= 0.3 is 16.4 Å². The number of benzene rings is 3. The highest BCUT2D eigenvalue weighted by Gasteiger charge is 2.08. The summed E-state index contributed by atoms with van der Waals surface area (Å²) in [4.78, 5) is 26.3. The molecule has 0 aliphatic heterocycles. The number of likely N-dealkylation sites (N-methyl/N-ethyl adjacent to an activating group) is 1. The van der Waals surface area contributed by atoms with E-state index in [0.717, 1.165) is 54.8 Å². The van der Waals surface area contributed by atoms with Crippen LogP contribution >= 0.6 is 11.6 Å². The SMILES string of the molecule is CC(=O)NCC(=O)O.CCN(CCO)CCCC(C)Nc1ccnc2cc(Cl)ccc12.N=C(N)c1ccc(/N=N/Nc2ccc(C(=N)N)cc2)cc1.O=S(=O)(O)O. The summed E-state index contributed by atoms with van der Waals surface area (Å²) in [7, 11) is -4.67. The van der Waals surface area contributed by atoms with Crippen LogP contribution in [0.25, 0.3) is 10.9 Å². The molecular weight excluding hydrogens is 782 g/mol. The Balaban J connectivity index is 0.000000438. The molecule has 0 aliphatic rings. The fraction of sp³-hybridized carbons (Fsp3) is 0.306. The van der Waals surface area contributed by atoms with Gasteiger partial charge in [-0.15, -0.1) is 5.11 Å². The van der Waals surface area contributed by atoms with Gasteiger partial charge in [-0.1, -0.05) is 23.7 Å². The van der Waals surface area contributed by atoms with E-state index in [0.29, 0.717) is 27.9 Å². The van der Waals surface area contributed by atoms with Crippen molar-refractivity contribution in [2.75, 3.05) is 43.5 Å². The summed E-state index contributed by atoms with van der Waals surface area (Å²) < 4.78 is 31.6. The molecule has 0 saturated heterocycles. The molecule has 1 aromatic heterocycles. The number of amidine groups is 2. The number of aromatic nitrogens is 1. The molecule has 4 rings (SSSR count). The zero-order valence-corrected chi connectivity index (χ0v) is 33.3. The Morgan fingerprint density at radius 3 is 2.04 bits per heavy atom. The van der Waals surface area contributed by atoms with Crippen LogP contribution in [0.3, 0.4) is 0 Å². The molecule has 4 aromatic rings. The summed E-state index contributed by atoms with van der Waals surface area (Å²) in [6.07, 6.45) is 4.00. The first-order chi connectivity index (χ1) is 26.8. The van der Waals surface area contributed by atoms with Crippen molar-refractivity contribution in [3.05, 3.63) is 95.1 Å². The first kappa shape index (κ1) is 49.2. The summed E-state index contributed by atoms with van der Waals surface area (Å²) in [5.41, 5.74) is 18.2. The number of amides is 1. The number of hydrogen-bond acceptors (Lipinski definition) is 12. The maximum atomic E-state index is 9.97. The van der Waals surface area contributed by atoms with Crippen molar-refractivity contribution >= 4 is 73.5 Å². The molecule has 0 bridgehead atoms. The molecule has 13 N–H and O–H groups in total. The molecule has 1 unspecified atom stereocenters. The second kappa shape index (κ2) is 26.2. The second-order valence-corrected chi connectivity index (χ2v) is 13.2. The van der Waals surface area contributed by atoms with E-state index < -0.39 is 16.4 Å². The standard InChI is InChI=1S/C18H26ClN3O.C14H15N7.C4H7NO3.H2O4S/c1-3-22(11-12-23)10-4-5-14(2)21-17-8-9-20-18-13-15(19)6-7-16(17)18;15-13(16)9-1-5-11(6-2-9)19-21-20-12-7-3-10(4-8-12)14(17)18;1-3(6)5-2-4(7)8;1-5(2,3)4/h6-9,13-14,23H,3-5,10-12H2,1-2H3,(H,20,21);1-8H,(H3,15,16)(H3,17,18)(H,19,20);2H2,1H3,(H,5,6)(H,7,8);(H2,1,2,3,4). The number of carboxylic acids is 1. The molecule has 21 heteroatoms. The molecule has 0 aliphatic carbocycles. The van der Waals surface area contributed by atoms with Crippen molar-refractivity contribution in [2.24, 2.45) is 21.8 Å². The smallest absolute Gasteiger partial charge is 0.394 e. The summed E-state index contributed by atoms with van der Waals surface area (Å²) in [5, 5.41) is 46.9. The van der Waals surface area contributed by atoms with Crippen LogP contribution < -0.4 is 27.5 Å². The monoisotopic (exact) mass is 831 g/mol. The number of carboxylic acid groups (broad SMARTS) is 1. The Labute approximate surface area is 336 Å². The number of nitrogens with zero attached hydrogens (tertiary/aromatic N) is 4. The summed E-state index contributed by atoms with van der Waals surface area (Å²) >= 11 is 6.03. The molecule has 0 fully saturated rings. The molecule has 57 heavy (non-hydrogen) atoms. The molecule has 310 valence electrons. The van der Waals surface area contributed by atoms with Gasteiger partial charge in [-0.3, -0.25) is 39.9 Å². The minimum Gasteiger partial charge on any atom is -0.480 e. The highest BCUT2D eigenvalue weighted by molar-refractivity contribution is 7.79. The minimum atomic E-state index is -4.67. The van der Waals surface area contributed by atoms with Gasteiger partial charge in [-0.2, -0.15) is 8.42 Å². The van der Waals surface area contributed by atoms with Crippen LogP contribution in [0.1, 0.15) is 44.7 Å². The number of rotatable bonds is 16. The number of aliphatic hydroxyl groups is 1. The molecule has 1 atom stereocenters. The maximum absolute atomic E-state index is 9.97. The number of aliphatic hydroxyl groups excluding tert-OH is 1. The van der Waals surface area contributed by atoms with Crippen LogP contribution in [-0.2, 0) is 20.0 Å². The number of fused-ring (bicyclic) bond motifs is 1. The number of halogens is 1. The Morgan fingerprint density at radius 2 is 1.54 bits per heavy atom. The van der Waals surface area contributed by atoms with Crippen LogP contribution in [0.2, 0.25) is 5.02 Å². The normalized spacial score (nSPS) is 11.2. The average molecular weight is 832 g/mol. The lowest BCUT2D eigenvalue weighted by atomic mass is 10.1. The lowest BCUT2D eigenvalue weighted by molar-refractivity contribution is -0.137. The van der Waals surface area contributed by atoms with Crippen molar-refractivity contribution < 1.29 is 37.3 Å². The van der Waals surface area contributed by atoms with Crippen molar-refractivity contribution in [3.63, 3.8) is 0 Å². The fourth-order valence-electron chi connectivity index (χ4n) is 4.55. The zero-order valence-electron chi connectivity index (χ0n) is 31.7. The predicted molar refractivity (Wildman–Crippen MR) is 222 cm³/mol. The van der Waals surface area contributed by atoms with Gasteiger partial charge in [-0.25, -0.2) is 0 Å². The van der Waals surface area contributed by atoms with Gasteiger partial charge in [0.25, 0.3) is 0 Å². The molecule has 19 nitrogen and oxygen atoms in total. The molecular formula is C36H50ClN11O8S. The summed E-state index contributed by atoms with van der Waals surface area (Å²) in [6, 6.07) is 22.0. The molecule has 0 radical (unpaired) electrons. The molecule has 0 saturated carbocycles. The second-order valence-electron chi connectivity index (χ2n) is 11.9. The fourth-order valence-corrected chi connectivity index (χ4v) is 4.71. The summed E-state index contributed by atoms with van der Waals surface area (Å²) in [6.45, 7) is 8.30. The third-order valence-electron chi connectivity index (χ3n) is 7.29. The molecule has 1 heterocycles. The van der Waals surface area contributed by atoms with E-state index in [1.807, 2.05) is 30.5 Å². The molecule has 3 aromatic carbocycles. The van der Waals surface area contributed by atoms with Crippen molar-refractivity contribution in [2.45, 2.75) is 39.7 Å². The van der Waals surface area contributed by atoms with Crippen LogP contribution in [-0.4, -0.2) is 100.0 Å². The van der Waals surface area contributed by atoms with Crippen molar-refractivity contribution in [1.29, 1.82) is 10.8 Å². The van der Waals surface area contributed by atoms with Gasteiger partial charge in [-0.05, 0) is 106 Å². The largest absolute Gasteiger partial charge is 0.480 e. The quantitative estimate of drug-likeness (QED) is 0.0240. The Hall–Kier alpha value is -5.77. The molecule has 1 amide bonds. The van der Waals surface area contributed by atoms with E-state index in [2.05, 4.69) is 50.1 Å². The number of aliphatic carboxylic acids is 1. The van der Waals surface area contributed by atoms with Gasteiger partial charge in [0.05, 0.1) is 23.5 Å². The van der Waals surface area contributed by atoms with Crippen molar-refractivity contribution in [1.82, 2.24) is 15.2 Å². The number of carbonyl (C=O) groups excluding carboxylic acids is 1. The number of nitrogens with two attached hydrogens (primary N) is 2. The Kier molecular flexibility index (Phi) is 22.6. The first-order valence-corrected chi connectivity index (χ1v) is 19.0. The summed E-state index contributed by atoms with van der Waals surface area (Å²) in [5.74, 6) is -1.32. The first-order valence-electron chi connectivity index (χ1n) is 17.2. The Morgan fingerprint density at radius 1 is 0.965 bits per heavy atom. The van der Waals surface area contributed by atoms with Crippen LogP contribution in [0.4, 0.5) is 17.1 Å². The highest BCUT2D eigenvalue weighted by Crippen LogP contribution is 2.25. The van der Waals surface area contributed by atoms with E-state index >= 15 is 0 Å². The predicted octanol–water partition coefficient (Wildman–Crippen LogP) is 4.70. The van der Waals surface area contributed by atoms with E-state index in [1.165, 1.54) is 6.92 Å². The number of nitrogen functional groups attached to an aromatic ring is 2. The van der Waals surface area contributed by atoms with Gasteiger partial charge in [0.2, 0.25) is 5.91 Å². The lowest BCUT2D eigenvalue weighted by Crippen LogP contribution is -2.28. The average Bonchev–Trinajstić information content (AvgIpc) is 3.14. The number of anilines is 2. The Bertz CT molecular complexity index is 2000. The number of hydrogen-bond donors (Lipinski definition) is 11. The van der Waals surface area contributed by atoms with E-state index in [4.69, 9.17) is 61.6 Å². The minimum absolute atomic E-state index is 0.0159. The number of carbonyl (C=O) groups is 2. The third-order valence-corrected chi connectivity index (χ3v) is 7.52. The van der Waals surface area contributed by atoms with Crippen LogP contribution in [0, 0.1) is 10.8 Å². The van der Waals surface area contributed by atoms with E-state index in [9.17, 15) is 9.59 Å². The van der Waals surface area contributed by atoms with Crippen molar-refractivity contribution in [3.8, 4) is 0 Å². The van der Waals surface area contributed by atoms with Gasteiger partial charge in [0.1, 0.15) is 18.2 Å². The van der Waals surface area contributed by atoms with Crippen LogP contribution in [0.15, 0.2) is 89.3 Å². The third kappa shape index (κ3) is 23.0. The topological polar surface area (TPSA) is 326 Å². The number of pyridine rings is 1. The lowest BCUT2D eigenvalue weighted by Gasteiger charge is -2.21. The van der Waals surface area contributed by atoms with E-state index in [-0.39, 0.29) is 30.7 Å². The number of nitrogens with one attached hydrogen (secondary N) is 5. The van der Waals surface area contributed by atoms with E-state index in [1.54, 1.807) is 48.5 Å². The van der Waals surface area contributed by atoms with Gasteiger partial charge in [0.15, 0.2) is 0 Å². The van der Waals surface area contributed by atoms with Gasteiger partial charge in [0, 0.05) is 52.9 Å². The highest BCUT2D eigenvalue weighted by atomic mass is 35.5. The van der Waals surface area contributed by atoms with Crippen LogP contribution in [0.5, 0.6) is 0 Å². The van der Waals surface area contributed by atoms with Gasteiger partial charge < -0.3 is 37.2 Å².